The molecule has 3 heterocycles. The standard InChI is InChI=1S/C27H24ClFN4O2S/c1-34-15-16-35-24-12-11-18(17-19(24)28)33-26(25(31-27(33)36)21-8-4-5-13-30-21)23-10-6-14-32(23)22-9-3-2-7-20(22)29/h2-14,17,25-26H,15-16H2,1H3,(H,31,36)/t25-,26-/m1/s1. The quantitative estimate of drug-likeness (QED) is 0.231. The van der Waals surface area contributed by atoms with Gasteiger partial charge in [0.05, 0.1) is 29.1 Å². The van der Waals surface area contributed by atoms with Crippen molar-refractivity contribution >= 4 is 34.6 Å². The molecule has 2 aromatic carbocycles. The van der Waals surface area contributed by atoms with Gasteiger partial charge in [0.2, 0.25) is 0 Å². The van der Waals surface area contributed by atoms with E-state index in [0.717, 1.165) is 17.1 Å². The lowest BCUT2D eigenvalue weighted by Crippen LogP contribution is -2.30. The zero-order chi connectivity index (χ0) is 25.1. The summed E-state index contributed by atoms with van der Waals surface area (Å²) in [6.45, 7) is 0.846. The molecule has 9 heteroatoms. The highest BCUT2D eigenvalue weighted by Crippen LogP contribution is 2.43. The number of thiocarbonyl (C=S) groups is 1. The molecular formula is C27H24ClFN4O2S. The predicted molar refractivity (Wildman–Crippen MR) is 142 cm³/mol. The van der Waals surface area contributed by atoms with Crippen LogP contribution in [0.25, 0.3) is 5.69 Å². The third-order valence-electron chi connectivity index (χ3n) is 6.03. The number of halogens is 2. The van der Waals surface area contributed by atoms with Gasteiger partial charge in [0, 0.05) is 30.9 Å². The lowest BCUT2D eigenvalue weighted by molar-refractivity contribution is 0.146. The highest BCUT2D eigenvalue weighted by molar-refractivity contribution is 7.80. The average molecular weight is 523 g/mol. The first-order valence-electron chi connectivity index (χ1n) is 11.4. The Bertz CT molecular complexity index is 1370. The second kappa shape index (κ2) is 10.7. The van der Waals surface area contributed by atoms with Crippen LogP contribution in [0.2, 0.25) is 5.02 Å². The Labute approximate surface area is 219 Å². The Morgan fingerprint density at radius 3 is 2.64 bits per heavy atom. The van der Waals surface area contributed by atoms with Crippen molar-refractivity contribution in [3.63, 3.8) is 0 Å². The lowest BCUT2D eigenvalue weighted by Gasteiger charge is -2.29. The summed E-state index contributed by atoms with van der Waals surface area (Å²) < 4.78 is 27.5. The van der Waals surface area contributed by atoms with Gasteiger partial charge in [-0.2, -0.15) is 0 Å². The molecule has 0 saturated carbocycles. The minimum absolute atomic E-state index is 0.282. The first-order valence-corrected chi connectivity index (χ1v) is 12.2. The van der Waals surface area contributed by atoms with Crippen LogP contribution in [0.15, 0.2) is 85.2 Å². The highest BCUT2D eigenvalue weighted by Gasteiger charge is 2.42. The zero-order valence-corrected chi connectivity index (χ0v) is 21.0. The fraction of sp³-hybridized carbons (Fsp3) is 0.185. The maximum absolute atomic E-state index is 14.8. The molecule has 1 aliphatic heterocycles. The van der Waals surface area contributed by atoms with E-state index in [1.54, 1.807) is 25.4 Å². The molecule has 2 aromatic heterocycles. The summed E-state index contributed by atoms with van der Waals surface area (Å²) in [6.07, 6.45) is 3.60. The maximum atomic E-state index is 14.8. The normalized spacial score (nSPS) is 17.3. The second-order valence-corrected chi connectivity index (χ2v) is 9.00. The molecular weight excluding hydrogens is 499 g/mol. The van der Waals surface area contributed by atoms with Crippen LogP contribution >= 0.6 is 23.8 Å². The number of ether oxygens (including phenoxy) is 2. The molecule has 1 aliphatic rings. The number of nitrogens with one attached hydrogen (secondary N) is 1. The molecule has 5 rings (SSSR count). The van der Waals surface area contributed by atoms with Crippen molar-refractivity contribution in [3.8, 4) is 11.4 Å². The Balaban J connectivity index is 1.59. The highest BCUT2D eigenvalue weighted by atomic mass is 35.5. The van der Waals surface area contributed by atoms with E-state index in [0.29, 0.717) is 34.8 Å². The van der Waals surface area contributed by atoms with Gasteiger partial charge in [-0.05, 0) is 66.8 Å². The van der Waals surface area contributed by atoms with Gasteiger partial charge in [0.25, 0.3) is 0 Å². The van der Waals surface area contributed by atoms with E-state index >= 15 is 0 Å². The molecule has 1 saturated heterocycles. The van der Waals surface area contributed by atoms with E-state index in [1.165, 1.54) is 6.07 Å². The van der Waals surface area contributed by atoms with Gasteiger partial charge >= 0.3 is 0 Å². The SMILES string of the molecule is COCCOc1ccc(N2C(=S)N[C@H](c3ccccn3)[C@H]2c2cccn2-c2ccccc2F)cc1Cl. The lowest BCUT2D eigenvalue weighted by atomic mass is 10.0. The van der Waals surface area contributed by atoms with Crippen molar-refractivity contribution < 1.29 is 13.9 Å². The van der Waals surface area contributed by atoms with E-state index in [1.807, 2.05) is 70.3 Å². The number of aromatic nitrogens is 2. The van der Waals surface area contributed by atoms with Gasteiger partial charge in [-0.1, -0.05) is 29.8 Å². The van der Waals surface area contributed by atoms with Crippen molar-refractivity contribution in [1.29, 1.82) is 0 Å². The van der Waals surface area contributed by atoms with Crippen LogP contribution in [0.1, 0.15) is 23.5 Å². The number of methoxy groups -OCH3 is 1. The number of hydrogen-bond donors (Lipinski definition) is 1. The summed E-state index contributed by atoms with van der Waals surface area (Å²) >= 11 is 12.4. The van der Waals surface area contributed by atoms with Crippen LogP contribution < -0.4 is 15.0 Å². The molecule has 1 fully saturated rings. The Hall–Kier alpha value is -3.46. The molecule has 2 atom stereocenters. The number of nitrogens with zero attached hydrogens (tertiary/aromatic N) is 3. The smallest absolute Gasteiger partial charge is 0.174 e. The molecule has 36 heavy (non-hydrogen) atoms. The van der Waals surface area contributed by atoms with Crippen molar-refractivity contribution in [2.75, 3.05) is 25.2 Å². The molecule has 184 valence electrons. The monoisotopic (exact) mass is 522 g/mol. The maximum Gasteiger partial charge on any atom is 0.174 e. The average Bonchev–Trinajstić information content (AvgIpc) is 3.50. The van der Waals surface area contributed by atoms with Crippen LogP contribution in [0.5, 0.6) is 5.75 Å². The minimum atomic E-state index is -0.335. The summed E-state index contributed by atoms with van der Waals surface area (Å²) in [7, 11) is 1.62. The van der Waals surface area contributed by atoms with Gasteiger partial charge in [0.1, 0.15) is 24.2 Å². The second-order valence-electron chi connectivity index (χ2n) is 8.21. The summed E-state index contributed by atoms with van der Waals surface area (Å²) in [5.41, 5.74) is 2.90. The molecule has 0 bridgehead atoms. The molecule has 0 aliphatic carbocycles. The van der Waals surface area contributed by atoms with Crippen molar-refractivity contribution in [1.82, 2.24) is 14.9 Å². The topological polar surface area (TPSA) is 51.6 Å². The fourth-order valence-electron chi connectivity index (χ4n) is 4.43. The first kappa shape index (κ1) is 24.2. The number of hydrogen-bond acceptors (Lipinski definition) is 4. The largest absolute Gasteiger partial charge is 0.490 e. The molecule has 1 N–H and O–H groups in total. The van der Waals surface area contributed by atoms with Gasteiger partial charge in [-0.3, -0.25) is 4.98 Å². The molecule has 0 amide bonds. The first-order chi connectivity index (χ1) is 17.6. The Kier molecular flexibility index (Phi) is 7.18. The van der Waals surface area contributed by atoms with E-state index < -0.39 is 0 Å². The van der Waals surface area contributed by atoms with Gasteiger partial charge in [-0.25, -0.2) is 4.39 Å². The summed E-state index contributed by atoms with van der Waals surface area (Å²) in [5, 5.41) is 4.39. The van der Waals surface area contributed by atoms with Gasteiger partial charge < -0.3 is 24.3 Å². The van der Waals surface area contributed by atoms with Gasteiger partial charge in [0.15, 0.2) is 5.11 Å². The summed E-state index contributed by atoms with van der Waals surface area (Å²) in [5.74, 6) is 0.244. The van der Waals surface area contributed by atoms with Crippen LogP contribution in [-0.2, 0) is 4.74 Å². The Morgan fingerprint density at radius 2 is 1.89 bits per heavy atom. The number of pyridine rings is 1. The van der Waals surface area contributed by atoms with E-state index in [4.69, 9.17) is 33.3 Å². The molecule has 0 unspecified atom stereocenters. The number of rotatable bonds is 8. The molecule has 4 aromatic rings. The van der Waals surface area contributed by atoms with E-state index in [2.05, 4.69) is 10.3 Å². The van der Waals surface area contributed by atoms with E-state index in [9.17, 15) is 4.39 Å². The minimum Gasteiger partial charge on any atom is -0.490 e. The number of benzene rings is 2. The third-order valence-corrected chi connectivity index (χ3v) is 6.64. The molecule has 0 spiro atoms. The number of para-hydroxylation sites is 1. The van der Waals surface area contributed by atoms with Crippen LogP contribution in [0, 0.1) is 5.82 Å². The predicted octanol–water partition coefficient (Wildman–Crippen LogP) is 5.87. The van der Waals surface area contributed by atoms with Crippen molar-refractivity contribution in [3.05, 3.63) is 107 Å². The molecule has 6 nitrogen and oxygen atoms in total. The Morgan fingerprint density at radius 1 is 1.06 bits per heavy atom. The summed E-state index contributed by atoms with van der Waals surface area (Å²) in [4.78, 5) is 6.58. The fourth-order valence-corrected chi connectivity index (χ4v) is 5.00. The molecule has 0 radical (unpaired) electrons. The van der Waals surface area contributed by atoms with E-state index in [-0.39, 0.29) is 17.9 Å². The van der Waals surface area contributed by atoms with Crippen molar-refractivity contribution in [2.45, 2.75) is 12.1 Å². The number of anilines is 1. The van der Waals surface area contributed by atoms with Crippen LogP contribution in [0.3, 0.4) is 0 Å². The van der Waals surface area contributed by atoms with Crippen LogP contribution in [0.4, 0.5) is 10.1 Å². The third kappa shape index (κ3) is 4.67. The van der Waals surface area contributed by atoms with Crippen molar-refractivity contribution in [2.24, 2.45) is 0 Å². The van der Waals surface area contributed by atoms with Gasteiger partial charge in [-0.15, -0.1) is 0 Å². The van der Waals surface area contributed by atoms with Crippen LogP contribution in [-0.4, -0.2) is 35.0 Å². The zero-order valence-electron chi connectivity index (χ0n) is 19.5. The summed E-state index contributed by atoms with van der Waals surface area (Å²) in [6, 6.07) is 21.3.